The summed E-state index contributed by atoms with van der Waals surface area (Å²) >= 11 is 0. The number of hydrogen-bond acceptors (Lipinski definition) is 18. The van der Waals surface area contributed by atoms with E-state index in [1.165, 1.54) is 12.1 Å². The average Bonchev–Trinajstić information content (AvgIpc) is 3.04. The van der Waals surface area contributed by atoms with Gasteiger partial charge in [0.2, 0.25) is 5.91 Å². The van der Waals surface area contributed by atoms with E-state index in [2.05, 4.69) is 30.0 Å². The quantitative estimate of drug-likeness (QED) is 0.0593. The van der Waals surface area contributed by atoms with Crippen molar-refractivity contribution in [2.75, 3.05) is 37.6 Å². The summed E-state index contributed by atoms with van der Waals surface area (Å²) in [6.45, 7) is 0.147. The molecule has 0 bridgehead atoms. The van der Waals surface area contributed by atoms with Crippen molar-refractivity contribution in [1.29, 1.82) is 0 Å². The minimum atomic E-state index is -5.15. The molecule has 0 aromatic heterocycles. The second kappa shape index (κ2) is 15.6. The third-order valence-corrected chi connectivity index (χ3v) is 10.8. The summed E-state index contributed by atoms with van der Waals surface area (Å²) in [6, 6.07) is 7.96. The number of nitrogens with two attached hydrogens (primary N) is 1. The Morgan fingerprint density at radius 3 is 1.96 bits per heavy atom. The van der Waals surface area contributed by atoms with Crippen LogP contribution >= 0.6 is 0 Å². The molecule has 0 saturated heterocycles. The molecule has 0 aliphatic heterocycles. The van der Waals surface area contributed by atoms with E-state index in [1.54, 1.807) is 0 Å². The van der Waals surface area contributed by atoms with Gasteiger partial charge in [0, 0.05) is 25.1 Å². The minimum Gasteiger partial charge on any atom is -0.507 e. The number of nitrogens with one attached hydrogen (secondary N) is 1. The lowest BCUT2D eigenvalue weighted by Gasteiger charge is -2.13. The lowest BCUT2D eigenvalue weighted by molar-refractivity contribution is -0.114. The second-order valence-electron chi connectivity index (χ2n) is 10.7. The maximum atomic E-state index is 12.9. The van der Waals surface area contributed by atoms with Gasteiger partial charge in [0.05, 0.1) is 48.2 Å². The number of amides is 1. The van der Waals surface area contributed by atoms with Gasteiger partial charge < -0.3 is 25.6 Å². The summed E-state index contributed by atoms with van der Waals surface area (Å²) in [5.41, 5.74) is 4.15. The van der Waals surface area contributed by atoms with Crippen molar-refractivity contribution in [2.24, 2.45) is 20.5 Å². The van der Waals surface area contributed by atoms with Gasteiger partial charge in [0.15, 0.2) is 9.84 Å². The second-order valence-corrected chi connectivity index (χ2v) is 16.6. The Kier molecular flexibility index (Phi) is 11.9. The smallest absolute Gasteiger partial charge is 0.397 e. The van der Waals surface area contributed by atoms with Crippen LogP contribution in [0.2, 0.25) is 0 Å². The first-order valence-corrected chi connectivity index (χ1v) is 20.2. The number of methoxy groups -OCH3 is 2. The van der Waals surface area contributed by atoms with Crippen molar-refractivity contribution in [1.82, 2.24) is 0 Å². The van der Waals surface area contributed by atoms with E-state index in [9.17, 15) is 52.7 Å². The van der Waals surface area contributed by atoms with E-state index in [1.807, 2.05) is 0 Å². The maximum absolute atomic E-state index is 12.9. The highest BCUT2D eigenvalue weighted by molar-refractivity contribution is 7.91. The van der Waals surface area contributed by atoms with Crippen LogP contribution in [0.25, 0.3) is 10.8 Å². The summed E-state index contributed by atoms with van der Waals surface area (Å²) in [7, 11) is -16.9. The third kappa shape index (κ3) is 9.79. The van der Waals surface area contributed by atoms with E-state index in [0.717, 1.165) is 51.5 Å². The maximum Gasteiger partial charge on any atom is 0.397 e. The van der Waals surface area contributed by atoms with Crippen LogP contribution in [-0.2, 0) is 49.5 Å². The SMILES string of the molecule is COc1cc(S(=O)(=O)CCOS(=O)(=O)O)c(OC)cc1N=Nc1cc(S(=O)(=O)O)c(N=Nc2c(N)ccc3cc(S(=O)(=O)O)cc(O)c23)cc1NC(C)=O. The molecule has 1 amide bonds. The van der Waals surface area contributed by atoms with Gasteiger partial charge in [-0.2, -0.15) is 25.3 Å². The first kappa shape index (κ1) is 41.4. The molecule has 7 N–H and O–H groups in total. The Morgan fingerprint density at radius 2 is 1.39 bits per heavy atom. The Morgan fingerprint density at radius 1 is 0.759 bits per heavy atom. The number of benzene rings is 4. The molecule has 0 saturated carbocycles. The number of hydrogen-bond donors (Lipinski definition) is 6. The molecule has 0 spiro atoms. The van der Waals surface area contributed by atoms with Crippen molar-refractivity contribution in [3.05, 3.63) is 48.5 Å². The largest absolute Gasteiger partial charge is 0.507 e. The Hall–Kier alpha value is -5.35. The van der Waals surface area contributed by atoms with Crippen LogP contribution in [0.3, 0.4) is 0 Å². The summed E-state index contributed by atoms with van der Waals surface area (Å²) < 4.78 is 139. The zero-order valence-electron chi connectivity index (χ0n) is 27.7. The molecule has 26 heteroatoms. The molecule has 0 aliphatic carbocycles. The van der Waals surface area contributed by atoms with Crippen LogP contribution < -0.4 is 20.5 Å². The number of carbonyl (C=O) groups is 1. The zero-order valence-corrected chi connectivity index (χ0v) is 31.0. The van der Waals surface area contributed by atoms with Crippen LogP contribution in [0.15, 0.2) is 83.7 Å². The van der Waals surface area contributed by atoms with Crippen molar-refractivity contribution in [3.63, 3.8) is 0 Å². The van der Waals surface area contributed by atoms with Gasteiger partial charge in [-0.3, -0.25) is 18.5 Å². The number of nitrogens with zero attached hydrogens (tertiary/aromatic N) is 4. The summed E-state index contributed by atoms with van der Waals surface area (Å²) in [5.74, 6) is -2.89. The number of aromatic hydroxyl groups is 1. The highest BCUT2D eigenvalue weighted by Crippen LogP contribution is 2.43. The first-order valence-electron chi connectivity index (χ1n) is 14.3. The molecule has 22 nitrogen and oxygen atoms in total. The molecular formula is C28H28N6O16S4. The third-order valence-electron chi connectivity index (χ3n) is 6.95. The monoisotopic (exact) mass is 832 g/mol. The molecular weight excluding hydrogens is 805 g/mol. The van der Waals surface area contributed by atoms with E-state index in [-0.39, 0.29) is 45.0 Å². The average molecular weight is 833 g/mol. The van der Waals surface area contributed by atoms with Gasteiger partial charge >= 0.3 is 10.4 Å². The van der Waals surface area contributed by atoms with Crippen LogP contribution in [0.1, 0.15) is 6.92 Å². The number of carbonyl (C=O) groups excluding carboxylic acids is 1. The number of sulfone groups is 1. The molecule has 54 heavy (non-hydrogen) atoms. The summed E-state index contributed by atoms with van der Waals surface area (Å²) in [5, 5.41) is 28.6. The normalized spacial score (nSPS) is 12.8. The molecule has 4 rings (SSSR count). The minimum absolute atomic E-state index is 0.0272. The highest BCUT2D eigenvalue weighted by atomic mass is 32.3. The van der Waals surface area contributed by atoms with Crippen molar-refractivity contribution in [3.8, 4) is 17.2 Å². The summed E-state index contributed by atoms with van der Waals surface area (Å²) in [6.07, 6.45) is 0. The van der Waals surface area contributed by atoms with Crippen LogP contribution in [0.5, 0.6) is 17.2 Å². The first-order chi connectivity index (χ1) is 24.9. The van der Waals surface area contributed by atoms with E-state index >= 15 is 0 Å². The molecule has 0 radical (unpaired) electrons. The Labute approximate surface area is 306 Å². The topological polar surface area (TPSA) is 350 Å². The summed E-state index contributed by atoms with van der Waals surface area (Å²) in [4.78, 5) is 10.0. The fourth-order valence-electron chi connectivity index (χ4n) is 4.63. The number of azo groups is 2. The molecule has 0 heterocycles. The predicted molar refractivity (Wildman–Crippen MR) is 188 cm³/mol. The molecule has 4 aromatic rings. The van der Waals surface area contributed by atoms with Gasteiger partial charge in [0.1, 0.15) is 49.8 Å². The van der Waals surface area contributed by atoms with Crippen LogP contribution in [0.4, 0.5) is 34.1 Å². The fraction of sp³-hybridized carbons (Fsp3) is 0.179. The predicted octanol–water partition coefficient (Wildman–Crippen LogP) is 4.02. The molecule has 0 aliphatic rings. The fourth-order valence-corrected chi connectivity index (χ4v) is 7.45. The zero-order chi connectivity index (χ0) is 40.4. The van der Waals surface area contributed by atoms with Crippen LogP contribution in [-0.4, -0.2) is 84.9 Å². The lowest BCUT2D eigenvalue weighted by Crippen LogP contribution is -2.16. The van der Waals surface area contributed by atoms with Gasteiger partial charge in [-0.05, 0) is 29.7 Å². The highest BCUT2D eigenvalue weighted by Gasteiger charge is 2.25. The van der Waals surface area contributed by atoms with Crippen LogP contribution in [0, 0.1) is 0 Å². The van der Waals surface area contributed by atoms with E-state index < -0.39 is 90.6 Å². The molecule has 290 valence electrons. The number of fused-ring (bicyclic) bond motifs is 1. The van der Waals surface area contributed by atoms with Gasteiger partial charge in [-0.15, -0.1) is 20.5 Å². The van der Waals surface area contributed by atoms with E-state index in [4.69, 9.17) is 19.8 Å². The molecule has 0 atom stereocenters. The van der Waals surface area contributed by atoms with Crippen molar-refractivity contribution >= 4 is 91.3 Å². The Bertz CT molecular complexity index is 2680. The number of phenols is 1. The molecule has 4 aromatic carbocycles. The number of ether oxygens (including phenoxy) is 2. The lowest BCUT2D eigenvalue weighted by atomic mass is 10.1. The van der Waals surface area contributed by atoms with Gasteiger partial charge in [0.25, 0.3) is 20.2 Å². The number of phenolic OH excluding ortho intramolecular Hbond substituents is 1. The Balaban J connectivity index is 1.85. The van der Waals surface area contributed by atoms with Gasteiger partial charge in [-0.25, -0.2) is 12.6 Å². The standard InChI is InChI=1S/C28H28N6O16S4/c1-14(35)30-18-10-21(33-34-28-17(29)5-4-15-8-16(52(39,40)41)9-22(36)27(15)28)25(53(42,43)44)12-19(18)31-32-20-11-24(49-3)26(13-23(20)48-2)51(37,38)7-6-50-54(45,46)47/h4-5,8-13,36H,6-7,29H2,1-3H3,(H,30,35)(H,39,40,41)(H,42,43,44)(H,45,46,47). The van der Waals surface area contributed by atoms with E-state index in [0.29, 0.717) is 6.07 Å². The van der Waals surface area contributed by atoms with Crippen molar-refractivity contribution in [2.45, 2.75) is 21.6 Å². The number of anilines is 2. The number of nitrogen functional groups attached to an aromatic ring is 1. The van der Waals surface area contributed by atoms with Gasteiger partial charge in [-0.1, -0.05) is 6.07 Å². The number of rotatable bonds is 14. The molecule has 0 fully saturated rings. The van der Waals surface area contributed by atoms with Crippen molar-refractivity contribution < 1.29 is 70.9 Å². The molecule has 0 unspecified atom stereocenters.